The molecule has 0 radical (unpaired) electrons. The van der Waals surface area contributed by atoms with Crippen molar-refractivity contribution in [2.75, 3.05) is 0 Å². The average Bonchev–Trinajstić information content (AvgIpc) is 1.88. The Hall–Kier alpha value is -0.290. The Bertz CT molecular complexity index is 261. The fourth-order valence-corrected chi connectivity index (χ4v) is 0.654. The minimum Gasteiger partial charge on any atom is -2.00 e. The molecule has 0 saturated heterocycles. The smallest absolute Gasteiger partial charge is 2.00 e. The molecule has 4 nitrogen and oxygen atoms in total. The summed E-state index contributed by atoms with van der Waals surface area (Å²) in [7, 11) is 0. The summed E-state index contributed by atoms with van der Waals surface area (Å²) in [5.74, 6) is -1.31. The number of aromatic hydroxyl groups is 1. The van der Waals surface area contributed by atoms with E-state index in [-0.39, 0.29) is 54.5 Å². The van der Waals surface area contributed by atoms with Crippen LogP contribution in [0.5, 0.6) is 5.75 Å². The van der Waals surface area contributed by atoms with E-state index in [4.69, 9.17) is 10.2 Å². The first-order valence-electron chi connectivity index (χ1n) is 2.73. The van der Waals surface area contributed by atoms with Gasteiger partial charge in [-0.2, -0.15) is 0 Å². The van der Waals surface area contributed by atoms with Crippen molar-refractivity contribution in [2.24, 2.45) is 0 Å². The summed E-state index contributed by atoms with van der Waals surface area (Å²) < 4.78 is 0. The van der Waals surface area contributed by atoms with Gasteiger partial charge in [0, 0.05) is 0 Å². The molecule has 0 unspecified atom stereocenters. The molecule has 60 valence electrons. The maximum absolute atomic E-state index is 10.3. The van der Waals surface area contributed by atoms with Gasteiger partial charge in [0.1, 0.15) is 11.3 Å². The molecule has 12 heavy (non-hydrogen) atoms. The summed E-state index contributed by atoms with van der Waals surface area (Å²) in [5.41, 5.74) is -0.0671. The van der Waals surface area contributed by atoms with E-state index in [1.807, 2.05) is 0 Å². The monoisotopic (exact) mass is 194 g/mol. The molecule has 0 fully saturated rings. The molecule has 0 aliphatic carbocycles. The Labute approximate surface area is 99.1 Å². The fraction of sp³-hybridized carbons (Fsp3) is 0. The van der Waals surface area contributed by atoms with E-state index in [0.717, 1.165) is 0 Å². The van der Waals surface area contributed by atoms with E-state index in [2.05, 4.69) is 0 Å². The third-order valence-electron chi connectivity index (χ3n) is 1.13. The van der Waals surface area contributed by atoms with Crippen LogP contribution in [0.4, 0.5) is 0 Å². The predicted molar refractivity (Wildman–Crippen MR) is 41.5 cm³/mol. The van der Waals surface area contributed by atoms with Gasteiger partial charge in [0.05, 0.1) is 0 Å². The van der Waals surface area contributed by atoms with Crippen LogP contribution >= 0.6 is 0 Å². The van der Waals surface area contributed by atoms with E-state index < -0.39 is 5.97 Å². The number of hydrogen-bond acceptors (Lipinski definition) is 2. The number of phenols is 1. The van der Waals surface area contributed by atoms with Crippen LogP contribution in [-0.2, 0) is 5.48 Å². The molecule has 0 saturated carbocycles. The predicted octanol–water partition coefficient (Wildman–Crippen LogP) is 0.591. The average molecular weight is 194 g/mol. The van der Waals surface area contributed by atoms with E-state index >= 15 is 0 Å². The summed E-state index contributed by atoms with van der Waals surface area (Å²) in [6.07, 6.45) is 0. The first-order valence-corrected chi connectivity index (χ1v) is 2.73. The van der Waals surface area contributed by atoms with E-state index in [1.165, 1.54) is 12.1 Å². The van der Waals surface area contributed by atoms with E-state index in [0.29, 0.717) is 0 Å². The van der Waals surface area contributed by atoms with Crippen molar-refractivity contribution in [3.8, 4) is 5.75 Å². The second-order valence-electron chi connectivity index (χ2n) is 1.82. The Morgan fingerprint density at radius 3 is 2.08 bits per heavy atom. The fourth-order valence-electron chi connectivity index (χ4n) is 0.654. The molecule has 2 N–H and O–H groups in total. The van der Waals surface area contributed by atoms with Gasteiger partial charge in [-0.15, -0.1) is 0 Å². The van der Waals surface area contributed by atoms with Gasteiger partial charge >= 0.3 is 43.7 Å². The van der Waals surface area contributed by atoms with Crippen LogP contribution in [0.3, 0.4) is 0 Å². The van der Waals surface area contributed by atoms with Gasteiger partial charge in [-0.3, -0.25) is 0 Å². The number of carboxylic acids is 1. The van der Waals surface area contributed by atoms with Crippen molar-refractivity contribution in [3.63, 3.8) is 0 Å². The standard InChI is InChI=1S/C7H6O3.Ca.O/c8-6-4-2-1-3-5(6)7(9)10;;/h1-4,8H,(H,9,10);;/q;+2;-2. The van der Waals surface area contributed by atoms with Crippen molar-refractivity contribution >= 4 is 43.7 Å². The molecule has 0 amide bonds. The number of aromatic carboxylic acids is 1. The summed E-state index contributed by atoms with van der Waals surface area (Å²) in [5, 5.41) is 17.3. The Morgan fingerprint density at radius 1 is 1.25 bits per heavy atom. The first-order chi connectivity index (χ1) is 4.72. The van der Waals surface area contributed by atoms with Crippen LogP contribution in [0.25, 0.3) is 0 Å². The van der Waals surface area contributed by atoms with Gasteiger partial charge in [-0.05, 0) is 12.1 Å². The van der Waals surface area contributed by atoms with Crippen molar-refractivity contribution in [3.05, 3.63) is 29.8 Å². The molecule has 0 aliphatic heterocycles. The Morgan fingerprint density at radius 2 is 1.75 bits per heavy atom. The van der Waals surface area contributed by atoms with Gasteiger partial charge in [0.15, 0.2) is 0 Å². The van der Waals surface area contributed by atoms with Crippen molar-refractivity contribution in [2.45, 2.75) is 0 Å². The second kappa shape index (κ2) is 6.25. The van der Waals surface area contributed by atoms with Crippen molar-refractivity contribution in [1.29, 1.82) is 0 Å². The molecule has 1 aromatic carbocycles. The maximum Gasteiger partial charge on any atom is 2.00 e. The molecule has 0 aliphatic rings. The largest absolute Gasteiger partial charge is 2.00 e. The zero-order valence-corrected chi connectivity index (χ0v) is 8.44. The molecule has 0 spiro atoms. The topological polar surface area (TPSA) is 86.0 Å². The molecule has 0 atom stereocenters. The molecule has 1 rings (SSSR count). The quantitative estimate of drug-likeness (QED) is 0.641. The third-order valence-corrected chi connectivity index (χ3v) is 1.13. The number of carboxylic acid groups (broad SMARTS) is 1. The molecule has 0 bridgehead atoms. The normalized spacial score (nSPS) is 7.67. The molecule has 1 aromatic rings. The SMILES string of the molecule is O=C(O)c1ccccc1O.[Ca+2].[O-2]. The first kappa shape index (κ1) is 14.2. The van der Waals surface area contributed by atoms with Crippen LogP contribution in [0.2, 0.25) is 0 Å². The minimum atomic E-state index is -1.11. The Balaban J connectivity index is 0. The second-order valence-corrected chi connectivity index (χ2v) is 1.82. The van der Waals surface area contributed by atoms with Gasteiger partial charge < -0.3 is 15.7 Å². The maximum atomic E-state index is 10.3. The van der Waals surface area contributed by atoms with Gasteiger partial charge in [0.2, 0.25) is 0 Å². The van der Waals surface area contributed by atoms with Crippen LogP contribution in [0.15, 0.2) is 24.3 Å². The van der Waals surface area contributed by atoms with E-state index in [9.17, 15) is 4.79 Å². The van der Waals surface area contributed by atoms with Gasteiger partial charge in [0.25, 0.3) is 0 Å². The van der Waals surface area contributed by atoms with Crippen LogP contribution in [0.1, 0.15) is 10.4 Å². The summed E-state index contributed by atoms with van der Waals surface area (Å²) >= 11 is 0. The number of para-hydroxylation sites is 1. The number of benzene rings is 1. The third kappa shape index (κ3) is 3.40. The number of hydrogen-bond donors (Lipinski definition) is 2. The van der Waals surface area contributed by atoms with Crippen LogP contribution in [0, 0.1) is 0 Å². The number of rotatable bonds is 1. The van der Waals surface area contributed by atoms with Gasteiger partial charge in [-0.25, -0.2) is 4.79 Å². The Kier molecular flexibility index (Phi) is 7.42. The van der Waals surface area contributed by atoms with Gasteiger partial charge in [-0.1, -0.05) is 12.1 Å². The minimum absolute atomic E-state index is 0. The summed E-state index contributed by atoms with van der Waals surface area (Å²) in [6.45, 7) is 0. The van der Waals surface area contributed by atoms with Crippen molar-refractivity contribution in [1.82, 2.24) is 0 Å². The zero-order valence-electron chi connectivity index (χ0n) is 6.23. The van der Waals surface area contributed by atoms with E-state index in [1.54, 1.807) is 12.1 Å². The summed E-state index contributed by atoms with van der Waals surface area (Å²) in [4.78, 5) is 10.3. The summed E-state index contributed by atoms with van der Waals surface area (Å²) in [6, 6.07) is 5.81. The molecular weight excluding hydrogens is 188 g/mol. The van der Waals surface area contributed by atoms with Crippen molar-refractivity contribution < 1.29 is 20.5 Å². The molecular formula is C7H6CaO4. The molecule has 0 heterocycles. The zero-order chi connectivity index (χ0) is 7.56. The van der Waals surface area contributed by atoms with Crippen LogP contribution in [-0.4, -0.2) is 53.9 Å². The molecule has 0 aromatic heterocycles. The molecule has 5 heteroatoms. The number of carbonyl (C=O) groups is 1. The van der Waals surface area contributed by atoms with Crippen LogP contribution < -0.4 is 0 Å².